The zero-order valence-electron chi connectivity index (χ0n) is 12.9. The van der Waals surface area contributed by atoms with Gasteiger partial charge in [-0.1, -0.05) is 0 Å². The molecule has 3 rings (SSSR count). The molecule has 1 aromatic carbocycles. The maximum atomic E-state index is 10.6. The molecular formula is C15H17F3N4O2. The second-order valence-corrected chi connectivity index (χ2v) is 5.17. The van der Waals surface area contributed by atoms with Crippen molar-refractivity contribution in [3.05, 3.63) is 29.5 Å². The number of aromatic nitrogens is 2. The fourth-order valence-corrected chi connectivity index (χ4v) is 2.30. The number of hydrogen-bond acceptors (Lipinski definition) is 5. The number of aliphatic carboxylic acids is 1. The normalized spacial score (nSPS) is 14.2. The van der Waals surface area contributed by atoms with Gasteiger partial charge in [-0.15, -0.1) is 0 Å². The first-order valence-corrected chi connectivity index (χ1v) is 7.28. The minimum Gasteiger partial charge on any atom is -0.475 e. The Morgan fingerprint density at radius 3 is 2.25 bits per heavy atom. The summed E-state index contributed by atoms with van der Waals surface area (Å²) in [6, 6.07) is 4.37. The lowest BCUT2D eigenvalue weighted by Gasteiger charge is -2.07. The standard InChI is InChI=1S/C13H16N4.C2HF3O2/c1-14-13-8-16-11-6-9-2-4-15-5-3-10(9)7-12(11)17-13;3-2(4,5)1(6)7/h6-8,15H,2-5H2,1H3,(H,14,17);(H,6,7). The first-order valence-electron chi connectivity index (χ1n) is 7.28. The van der Waals surface area contributed by atoms with Crippen molar-refractivity contribution in [3.8, 4) is 0 Å². The van der Waals surface area contributed by atoms with Crippen molar-refractivity contribution in [2.75, 3.05) is 25.5 Å². The van der Waals surface area contributed by atoms with Crippen molar-refractivity contribution in [3.63, 3.8) is 0 Å². The molecule has 1 aliphatic heterocycles. The maximum absolute atomic E-state index is 10.6. The number of nitrogens with zero attached hydrogens (tertiary/aromatic N) is 2. The molecule has 0 spiro atoms. The summed E-state index contributed by atoms with van der Waals surface area (Å²) in [6.45, 7) is 2.11. The van der Waals surface area contributed by atoms with E-state index in [0.717, 1.165) is 42.8 Å². The third-order valence-corrected chi connectivity index (χ3v) is 3.50. The molecule has 1 aliphatic rings. The van der Waals surface area contributed by atoms with Crippen LogP contribution in [0.4, 0.5) is 19.0 Å². The van der Waals surface area contributed by atoms with Crippen molar-refractivity contribution < 1.29 is 23.1 Å². The second-order valence-electron chi connectivity index (χ2n) is 5.17. The summed E-state index contributed by atoms with van der Waals surface area (Å²) in [5.41, 5.74) is 4.79. The van der Waals surface area contributed by atoms with Gasteiger partial charge in [-0.2, -0.15) is 13.2 Å². The fourth-order valence-electron chi connectivity index (χ4n) is 2.30. The second kappa shape index (κ2) is 7.43. The Bertz CT molecular complexity index is 734. The Kier molecular flexibility index (Phi) is 5.55. The minimum absolute atomic E-state index is 0.823. The molecule has 0 amide bonds. The van der Waals surface area contributed by atoms with Crippen molar-refractivity contribution >= 4 is 22.8 Å². The van der Waals surface area contributed by atoms with Gasteiger partial charge < -0.3 is 15.7 Å². The smallest absolute Gasteiger partial charge is 0.475 e. The highest BCUT2D eigenvalue weighted by Gasteiger charge is 2.38. The lowest BCUT2D eigenvalue weighted by Crippen LogP contribution is -2.21. The summed E-state index contributed by atoms with van der Waals surface area (Å²) >= 11 is 0. The molecule has 0 aliphatic carbocycles. The number of halogens is 3. The van der Waals surface area contributed by atoms with Crippen LogP contribution in [0, 0.1) is 0 Å². The molecule has 0 atom stereocenters. The van der Waals surface area contributed by atoms with Gasteiger partial charge in [0, 0.05) is 7.05 Å². The number of benzene rings is 1. The molecule has 2 aromatic rings. The zero-order chi connectivity index (χ0) is 17.7. The fraction of sp³-hybridized carbons (Fsp3) is 0.400. The molecule has 0 saturated heterocycles. The number of anilines is 1. The van der Waals surface area contributed by atoms with E-state index in [0.29, 0.717) is 0 Å². The number of carboxylic acids is 1. The van der Waals surface area contributed by atoms with Crippen molar-refractivity contribution in [2.45, 2.75) is 19.0 Å². The SMILES string of the molecule is CNc1cnc2cc3c(cc2n1)CCNCC3.O=C(O)C(F)(F)F. The summed E-state index contributed by atoms with van der Waals surface area (Å²) < 4.78 is 31.7. The molecule has 130 valence electrons. The van der Waals surface area contributed by atoms with Gasteiger partial charge in [-0.25, -0.2) is 9.78 Å². The van der Waals surface area contributed by atoms with E-state index in [9.17, 15) is 13.2 Å². The largest absolute Gasteiger partial charge is 0.490 e. The molecule has 2 heterocycles. The minimum atomic E-state index is -5.08. The third-order valence-electron chi connectivity index (χ3n) is 3.50. The van der Waals surface area contributed by atoms with Crippen LogP contribution in [0.1, 0.15) is 11.1 Å². The number of fused-ring (bicyclic) bond motifs is 2. The van der Waals surface area contributed by atoms with E-state index in [1.165, 1.54) is 11.1 Å². The van der Waals surface area contributed by atoms with Gasteiger partial charge >= 0.3 is 12.1 Å². The van der Waals surface area contributed by atoms with Gasteiger partial charge in [0.25, 0.3) is 0 Å². The Balaban J connectivity index is 0.000000256. The predicted molar refractivity (Wildman–Crippen MR) is 83.1 cm³/mol. The van der Waals surface area contributed by atoms with Crippen LogP contribution in [-0.2, 0) is 17.6 Å². The number of rotatable bonds is 1. The number of hydrogen-bond donors (Lipinski definition) is 3. The van der Waals surface area contributed by atoms with Crippen molar-refractivity contribution in [1.82, 2.24) is 15.3 Å². The van der Waals surface area contributed by atoms with Gasteiger partial charge in [0.1, 0.15) is 5.82 Å². The highest BCUT2D eigenvalue weighted by molar-refractivity contribution is 5.77. The van der Waals surface area contributed by atoms with Crippen LogP contribution in [-0.4, -0.2) is 47.4 Å². The molecule has 0 saturated carbocycles. The number of nitrogens with one attached hydrogen (secondary N) is 2. The lowest BCUT2D eigenvalue weighted by molar-refractivity contribution is -0.192. The summed E-state index contributed by atoms with van der Waals surface area (Å²) in [5, 5.41) is 13.6. The van der Waals surface area contributed by atoms with E-state index in [4.69, 9.17) is 9.90 Å². The Morgan fingerprint density at radius 2 is 1.75 bits per heavy atom. The van der Waals surface area contributed by atoms with Gasteiger partial charge in [-0.05, 0) is 49.2 Å². The van der Waals surface area contributed by atoms with Crippen LogP contribution < -0.4 is 10.6 Å². The van der Waals surface area contributed by atoms with E-state index >= 15 is 0 Å². The van der Waals surface area contributed by atoms with Gasteiger partial charge in [0.2, 0.25) is 0 Å². The topological polar surface area (TPSA) is 87.1 Å². The molecule has 0 unspecified atom stereocenters. The van der Waals surface area contributed by atoms with Gasteiger partial charge in [0.15, 0.2) is 0 Å². The molecule has 0 bridgehead atoms. The van der Waals surface area contributed by atoms with E-state index in [-0.39, 0.29) is 0 Å². The molecule has 0 fully saturated rings. The maximum Gasteiger partial charge on any atom is 0.490 e. The monoisotopic (exact) mass is 342 g/mol. The lowest BCUT2D eigenvalue weighted by atomic mass is 10.0. The Labute approximate surface area is 136 Å². The molecule has 24 heavy (non-hydrogen) atoms. The van der Waals surface area contributed by atoms with Crippen molar-refractivity contribution in [1.29, 1.82) is 0 Å². The third kappa shape index (κ3) is 4.54. The number of alkyl halides is 3. The van der Waals surface area contributed by atoms with Crippen LogP contribution >= 0.6 is 0 Å². The quantitative estimate of drug-likeness (QED) is 0.735. The predicted octanol–water partition coefficient (Wildman–Crippen LogP) is 1.99. The molecule has 6 nitrogen and oxygen atoms in total. The zero-order valence-corrected chi connectivity index (χ0v) is 12.9. The summed E-state index contributed by atoms with van der Waals surface area (Å²) in [7, 11) is 1.86. The van der Waals surface area contributed by atoms with E-state index in [2.05, 4.69) is 32.7 Å². The summed E-state index contributed by atoms with van der Waals surface area (Å²) in [5.74, 6) is -1.93. The average molecular weight is 342 g/mol. The van der Waals surface area contributed by atoms with Crippen molar-refractivity contribution in [2.24, 2.45) is 0 Å². The molecule has 1 aromatic heterocycles. The van der Waals surface area contributed by atoms with Crippen LogP contribution in [0.25, 0.3) is 11.0 Å². The van der Waals surface area contributed by atoms with Crippen LogP contribution in [0.5, 0.6) is 0 Å². The van der Waals surface area contributed by atoms with E-state index < -0.39 is 12.1 Å². The van der Waals surface area contributed by atoms with Gasteiger partial charge in [0.05, 0.1) is 17.2 Å². The highest BCUT2D eigenvalue weighted by Crippen LogP contribution is 2.20. The van der Waals surface area contributed by atoms with Crippen LogP contribution in [0.3, 0.4) is 0 Å². The average Bonchev–Trinajstić information content (AvgIpc) is 2.76. The van der Waals surface area contributed by atoms with E-state index in [1.807, 2.05) is 7.05 Å². The molecule has 0 radical (unpaired) electrons. The Hall–Kier alpha value is -2.42. The molecule has 9 heteroatoms. The first kappa shape index (κ1) is 17.9. The number of carbonyl (C=O) groups is 1. The summed E-state index contributed by atoms with van der Waals surface area (Å²) in [4.78, 5) is 17.9. The van der Waals surface area contributed by atoms with Crippen LogP contribution in [0.2, 0.25) is 0 Å². The number of carboxylic acid groups (broad SMARTS) is 1. The first-order chi connectivity index (χ1) is 11.3. The Morgan fingerprint density at radius 1 is 1.21 bits per heavy atom. The molecular weight excluding hydrogens is 325 g/mol. The van der Waals surface area contributed by atoms with E-state index in [1.54, 1.807) is 6.20 Å². The van der Waals surface area contributed by atoms with Gasteiger partial charge in [-0.3, -0.25) is 4.98 Å². The summed E-state index contributed by atoms with van der Waals surface area (Å²) in [6.07, 6.45) is -1.14. The molecule has 3 N–H and O–H groups in total. The van der Waals surface area contributed by atoms with Crippen LogP contribution in [0.15, 0.2) is 18.3 Å². The highest BCUT2D eigenvalue weighted by atomic mass is 19.4.